The van der Waals surface area contributed by atoms with Crippen LogP contribution in [0.1, 0.15) is 17.2 Å². The van der Waals surface area contributed by atoms with Crippen LogP contribution in [0.2, 0.25) is 0 Å². The number of aliphatic hydroxyl groups excluding tert-OH is 2. The highest BCUT2D eigenvalue weighted by molar-refractivity contribution is 5.78. The number of rotatable bonds is 5. The quantitative estimate of drug-likeness (QED) is 0.817. The molecule has 0 amide bonds. The zero-order chi connectivity index (χ0) is 16.2. The second kappa shape index (κ2) is 6.91. The minimum absolute atomic E-state index is 0.436. The molecular formula is C18H18O5. The maximum atomic E-state index is 11.9. The van der Waals surface area contributed by atoms with Crippen molar-refractivity contribution in [2.45, 2.75) is 24.4 Å². The number of aliphatic hydroxyl groups is 2. The first kappa shape index (κ1) is 15.7. The van der Waals surface area contributed by atoms with Crippen molar-refractivity contribution in [2.24, 2.45) is 0 Å². The third-order valence-corrected chi connectivity index (χ3v) is 3.86. The Bertz CT molecular complexity index is 603. The molecule has 2 aromatic carbocycles. The second-order valence-corrected chi connectivity index (χ2v) is 5.41. The predicted molar refractivity (Wildman–Crippen MR) is 82.6 cm³/mol. The van der Waals surface area contributed by atoms with Crippen LogP contribution in [0.15, 0.2) is 60.7 Å². The van der Waals surface area contributed by atoms with Crippen molar-refractivity contribution in [1.82, 2.24) is 0 Å². The first-order valence-corrected chi connectivity index (χ1v) is 7.45. The van der Waals surface area contributed by atoms with Gasteiger partial charge < -0.3 is 19.7 Å². The van der Waals surface area contributed by atoms with Crippen molar-refractivity contribution >= 4 is 5.97 Å². The van der Waals surface area contributed by atoms with Crippen LogP contribution in [-0.4, -0.2) is 41.1 Å². The summed E-state index contributed by atoms with van der Waals surface area (Å²) in [6.07, 6.45) is -3.78. The molecule has 1 saturated heterocycles. The monoisotopic (exact) mass is 314 g/mol. The number of benzene rings is 2. The van der Waals surface area contributed by atoms with E-state index in [2.05, 4.69) is 0 Å². The lowest BCUT2D eigenvalue weighted by molar-refractivity contribution is -0.152. The summed E-state index contributed by atoms with van der Waals surface area (Å²) in [5.74, 6) is -0.659. The molecule has 3 rings (SSSR count). The molecule has 120 valence electrons. The van der Waals surface area contributed by atoms with E-state index in [1.807, 2.05) is 60.7 Å². The lowest BCUT2D eigenvalue weighted by Crippen LogP contribution is -2.36. The Morgan fingerprint density at radius 3 is 1.96 bits per heavy atom. The zero-order valence-electron chi connectivity index (χ0n) is 12.4. The molecule has 1 aliphatic rings. The molecule has 2 aromatic rings. The Hall–Kier alpha value is -2.21. The van der Waals surface area contributed by atoms with E-state index in [0.717, 1.165) is 11.1 Å². The Morgan fingerprint density at radius 2 is 1.52 bits per heavy atom. The van der Waals surface area contributed by atoms with E-state index in [4.69, 9.17) is 14.6 Å². The van der Waals surface area contributed by atoms with Crippen molar-refractivity contribution in [3.8, 4) is 0 Å². The largest absolute Gasteiger partial charge is 0.455 e. The molecule has 1 fully saturated rings. The SMILES string of the molecule is O=C1O[C@@H](CO)[C@@H](O)[C@H]1OC(c1ccccc1)c1ccccc1. The van der Waals surface area contributed by atoms with E-state index in [9.17, 15) is 9.90 Å². The second-order valence-electron chi connectivity index (χ2n) is 5.41. The summed E-state index contributed by atoms with van der Waals surface area (Å²) in [5, 5.41) is 19.3. The summed E-state index contributed by atoms with van der Waals surface area (Å²) in [4.78, 5) is 11.9. The summed E-state index contributed by atoms with van der Waals surface area (Å²) in [5.41, 5.74) is 1.73. The third-order valence-electron chi connectivity index (χ3n) is 3.86. The minimum Gasteiger partial charge on any atom is -0.455 e. The van der Waals surface area contributed by atoms with Crippen molar-refractivity contribution < 1.29 is 24.5 Å². The average molecular weight is 314 g/mol. The number of cyclic esters (lactones) is 1. The molecular weight excluding hydrogens is 296 g/mol. The van der Waals surface area contributed by atoms with E-state index in [0.29, 0.717) is 0 Å². The molecule has 3 atom stereocenters. The Kier molecular flexibility index (Phi) is 4.71. The van der Waals surface area contributed by atoms with Crippen molar-refractivity contribution in [1.29, 1.82) is 0 Å². The van der Waals surface area contributed by atoms with Gasteiger partial charge in [-0.15, -0.1) is 0 Å². The summed E-state index contributed by atoms with van der Waals surface area (Å²) < 4.78 is 10.8. The van der Waals surface area contributed by atoms with Crippen LogP contribution in [0, 0.1) is 0 Å². The van der Waals surface area contributed by atoms with Gasteiger partial charge in [-0.05, 0) is 11.1 Å². The lowest BCUT2D eigenvalue weighted by Gasteiger charge is -2.23. The van der Waals surface area contributed by atoms with Gasteiger partial charge in [0.1, 0.15) is 12.2 Å². The van der Waals surface area contributed by atoms with Crippen LogP contribution in [-0.2, 0) is 14.3 Å². The Morgan fingerprint density at radius 1 is 1.00 bits per heavy atom. The summed E-state index contributed by atoms with van der Waals surface area (Å²) in [6.45, 7) is -0.436. The van der Waals surface area contributed by atoms with Gasteiger partial charge in [-0.25, -0.2) is 4.79 Å². The standard InChI is InChI=1S/C18H18O5/c19-11-14-15(20)17(18(21)22-14)23-16(12-7-3-1-4-8-12)13-9-5-2-6-10-13/h1-10,14-17,19-20H,11H2/t14-,15+,17+/m0/s1. The molecule has 0 aromatic heterocycles. The molecule has 0 unspecified atom stereocenters. The molecule has 1 heterocycles. The zero-order valence-corrected chi connectivity index (χ0v) is 12.4. The first-order valence-electron chi connectivity index (χ1n) is 7.45. The smallest absolute Gasteiger partial charge is 0.338 e. The fourth-order valence-electron chi connectivity index (χ4n) is 2.65. The van der Waals surface area contributed by atoms with Gasteiger partial charge in [0.15, 0.2) is 12.2 Å². The van der Waals surface area contributed by atoms with Crippen LogP contribution in [0.3, 0.4) is 0 Å². The molecule has 23 heavy (non-hydrogen) atoms. The van der Waals surface area contributed by atoms with Crippen molar-refractivity contribution in [2.75, 3.05) is 6.61 Å². The maximum absolute atomic E-state index is 11.9. The van der Waals surface area contributed by atoms with Gasteiger partial charge in [0.25, 0.3) is 0 Å². The number of carbonyl (C=O) groups is 1. The van der Waals surface area contributed by atoms with Gasteiger partial charge in [0, 0.05) is 0 Å². The van der Waals surface area contributed by atoms with E-state index in [1.165, 1.54) is 0 Å². The van der Waals surface area contributed by atoms with Gasteiger partial charge in [0.05, 0.1) is 6.61 Å². The molecule has 1 aliphatic heterocycles. The van der Waals surface area contributed by atoms with Crippen molar-refractivity contribution in [3.63, 3.8) is 0 Å². The number of hydrogen-bond donors (Lipinski definition) is 2. The summed E-state index contributed by atoms with van der Waals surface area (Å²) in [7, 11) is 0. The molecule has 2 N–H and O–H groups in total. The van der Waals surface area contributed by atoms with Crippen LogP contribution < -0.4 is 0 Å². The number of esters is 1. The minimum atomic E-state index is -1.19. The molecule has 0 radical (unpaired) electrons. The van der Waals surface area contributed by atoms with E-state index < -0.39 is 37.0 Å². The van der Waals surface area contributed by atoms with Crippen LogP contribution >= 0.6 is 0 Å². The van der Waals surface area contributed by atoms with E-state index in [-0.39, 0.29) is 0 Å². The fraction of sp³-hybridized carbons (Fsp3) is 0.278. The topological polar surface area (TPSA) is 76.0 Å². The normalized spacial score (nSPS) is 24.0. The van der Waals surface area contributed by atoms with Gasteiger partial charge in [0.2, 0.25) is 0 Å². The molecule has 0 saturated carbocycles. The van der Waals surface area contributed by atoms with Gasteiger partial charge in [-0.3, -0.25) is 0 Å². The highest BCUT2D eigenvalue weighted by Gasteiger charge is 2.45. The van der Waals surface area contributed by atoms with Gasteiger partial charge in [-0.1, -0.05) is 60.7 Å². The number of hydrogen-bond acceptors (Lipinski definition) is 5. The molecule has 0 aliphatic carbocycles. The van der Waals surface area contributed by atoms with Crippen LogP contribution in [0.5, 0.6) is 0 Å². The average Bonchev–Trinajstić information content (AvgIpc) is 2.88. The van der Waals surface area contributed by atoms with Crippen molar-refractivity contribution in [3.05, 3.63) is 71.8 Å². The Balaban J connectivity index is 1.90. The fourth-order valence-corrected chi connectivity index (χ4v) is 2.65. The predicted octanol–water partition coefficient (Wildman–Crippen LogP) is 1.44. The van der Waals surface area contributed by atoms with Gasteiger partial charge >= 0.3 is 5.97 Å². The highest BCUT2D eigenvalue weighted by atomic mass is 16.6. The third kappa shape index (κ3) is 3.27. The number of carbonyl (C=O) groups excluding carboxylic acids is 1. The van der Waals surface area contributed by atoms with Crippen LogP contribution in [0.25, 0.3) is 0 Å². The molecule has 5 nitrogen and oxygen atoms in total. The molecule has 0 spiro atoms. The first-order chi connectivity index (χ1) is 11.2. The number of ether oxygens (including phenoxy) is 2. The van der Waals surface area contributed by atoms with Gasteiger partial charge in [-0.2, -0.15) is 0 Å². The lowest BCUT2D eigenvalue weighted by atomic mass is 10.0. The van der Waals surface area contributed by atoms with E-state index in [1.54, 1.807) is 0 Å². The summed E-state index contributed by atoms with van der Waals surface area (Å²) in [6, 6.07) is 18.9. The molecule has 0 bridgehead atoms. The highest BCUT2D eigenvalue weighted by Crippen LogP contribution is 2.31. The molecule has 5 heteroatoms. The Labute approximate surface area is 134 Å². The van der Waals surface area contributed by atoms with E-state index >= 15 is 0 Å². The summed E-state index contributed by atoms with van der Waals surface area (Å²) >= 11 is 0. The maximum Gasteiger partial charge on any atom is 0.338 e. The van der Waals surface area contributed by atoms with Crippen LogP contribution in [0.4, 0.5) is 0 Å².